The van der Waals surface area contributed by atoms with Crippen LogP contribution in [0.5, 0.6) is 0 Å². The molecule has 1 atom stereocenters. The Kier molecular flexibility index (Phi) is 2.20. The summed E-state index contributed by atoms with van der Waals surface area (Å²) in [5, 5.41) is 0. The highest BCUT2D eigenvalue weighted by molar-refractivity contribution is 4.89. The van der Waals surface area contributed by atoms with E-state index in [1.807, 2.05) is 6.08 Å². The highest BCUT2D eigenvalue weighted by Gasteiger charge is 2.40. The quantitative estimate of drug-likeness (QED) is 0.559. The minimum absolute atomic E-state index is 0.128. The zero-order valence-electron chi connectivity index (χ0n) is 7.42. The van der Waals surface area contributed by atoms with Gasteiger partial charge in [0.05, 0.1) is 6.61 Å². The zero-order chi connectivity index (χ0) is 8.44. The summed E-state index contributed by atoms with van der Waals surface area (Å²) in [7, 11) is 0. The van der Waals surface area contributed by atoms with E-state index in [-0.39, 0.29) is 11.9 Å². The molecule has 68 valence electrons. The lowest BCUT2D eigenvalue weighted by atomic mass is 9.94. The second kappa shape index (κ2) is 3.19. The molecular formula is C10H16O2. The van der Waals surface area contributed by atoms with Crippen LogP contribution in [-0.4, -0.2) is 18.5 Å². The molecule has 1 aliphatic carbocycles. The molecule has 0 aromatic rings. The Labute approximate surface area is 73.5 Å². The maximum Gasteiger partial charge on any atom is 0.169 e. The topological polar surface area (TPSA) is 18.5 Å². The van der Waals surface area contributed by atoms with Gasteiger partial charge in [0.15, 0.2) is 5.79 Å². The van der Waals surface area contributed by atoms with Gasteiger partial charge in [-0.1, -0.05) is 12.5 Å². The molecule has 0 unspecified atom stereocenters. The number of rotatable bonds is 1. The average Bonchev–Trinajstić information content (AvgIpc) is 2.50. The third-order valence-electron chi connectivity index (χ3n) is 2.76. The van der Waals surface area contributed by atoms with Crippen LogP contribution in [0.3, 0.4) is 0 Å². The normalized spacial score (nSPS) is 33.8. The standard InChI is InChI=1S/C10H16O2/c1-2-9-8-11-10(12-9)6-4-3-5-7-10/h2,9H,1,3-8H2/t9-/m1/s1. The Hall–Kier alpha value is -0.340. The second-order valence-corrected chi connectivity index (χ2v) is 3.67. The first kappa shape index (κ1) is 8.27. The molecule has 1 spiro atoms. The Balaban J connectivity index is 1.98. The maximum atomic E-state index is 5.80. The maximum absolute atomic E-state index is 5.80. The second-order valence-electron chi connectivity index (χ2n) is 3.67. The third-order valence-corrected chi connectivity index (χ3v) is 2.76. The Morgan fingerprint density at radius 1 is 1.25 bits per heavy atom. The molecule has 1 heterocycles. The van der Waals surface area contributed by atoms with Crippen LogP contribution in [0, 0.1) is 0 Å². The van der Waals surface area contributed by atoms with Gasteiger partial charge in [-0.2, -0.15) is 0 Å². The lowest BCUT2D eigenvalue weighted by molar-refractivity contribution is -0.182. The summed E-state index contributed by atoms with van der Waals surface area (Å²) in [6, 6.07) is 0. The summed E-state index contributed by atoms with van der Waals surface area (Å²) < 4.78 is 11.5. The lowest BCUT2D eigenvalue weighted by Crippen LogP contribution is -2.33. The van der Waals surface area contributed by atoms with E-state index in [0.717, 1.165) is 12.8 Å². The summed E-state index contributed by atoms with van der Waals surface area (Å²) in [5.74, 6) is -0.225. The van der Waals surface area contributed by atoms with Crippen LogP contribution in [0.4, 0.5) is 0 Å². The van der Waals surface area contributed by atoms with Gasteiger partial charge >= 0.3 is 0 Å². The summed E-state index contributed by atoms with van der Waals surface area (Å²) in [6.45, 7) is 4.41. The molecule has 1 saturated heterocycles. The van der Waals surface area contributed by atoms with Gasteiger partial charge in [-0.3, -0.25) is 0 Å². The van der Waals surface area contributed by atoms with Crippen LogP contribution < -0.4 is 0 Å². The molecule has 2 heteroatoms. The van der Waals surface area contributed by atoms with E-state index in [0.29, 0.717) is 6.61 Å². The van der Waals surface area contributed by atoms with Gasteiger partial charge in [-0.05, 0) is 12.8 Å². The van der Waals surface area contributed by atoms with Crippen molar-refractivity contribution < 1.29 is 9.47 Å². The Bertz CT molecular complexity index is 171. The lowest BCUT2D eigenvalue weighted by Gasteiger charge is -2.31. The van der Waals surface area contributed by atoms with Crippen LogP contribution in [0.15, 0.2) is 12.7 Å². The molecule has 2 aliphatic rings. The Morgan fingerprint density at radius 2 is 2.00 bits per heavy atom. The van der Waals surface area contributed by atoms with Crippen molar-refractivity contribution in [2.45, 2.75) is 44.0 Å². The molecule has 0 aromatic heterocycles. The van der Waals surface area contributed by atoms with Crippen molar-refractivity contribution >= 4 is 0 Å². The van der Waals surface area contributed by atoms with E-state index < -0.39 is 0 Å². The van der Waals surface area contributed by atoms with Gasteiger partial charge in [0, 0.05) is 12.8 Å². The fraction of sp³-hybridized carbons (Fsp3) is 0.800. The van der Waals surface area contributed by atoms with E-state index in [1.54, 1.807) is 0 Å². The van der Waals surface area contributed by atoms with Crippen molar-refractivity contribution in [3.63, 3.8) is 0 Å². The van der Waals surface area contributed by atoms with Crippen molar-refractivity contribution in [2.75, 3.05) is 6.61 Å². The van der Waals surface area contributed by atoms with Gasteiger partial charge < -0.3 is 9.47 Å². The minimum atomic E-state index is -0.225. The predicted molar refractivity (Wildman–Crippen MR) is 46.8 cm³/mol. The van der Waals surface area contributed by atoms with Crippen LogP contribution in [0.25, 0.3) is 0 Å². The summed E-state index contributed by atoms with van der Waals surface area (Å²) in [4.78, 5) is 0. The first-order valence-corrected chi connectivity index (χ1v) is 4.79. The molecule has 2 nitrogen and oxygen atoms in total. The molecule has 12 heavy (non-hydrogen) atoms. The summed E-state index contributed by atoms with van der Waals surface area (Å²) >= 11 is 0. The van der Waals surface area contributed by atoms with Gasteiger partial charge in [-0.25, -0.2) is 0 Å². The molecule has 0 radical (unpaired) electrons. The van der Waals surface area contributed by atoms with Gasteiger partial charge in [0.2, 0.25) is 0 Å². The SMILES string of the molecule is C=C[C@@H]1COC2(CCCCC2)O1. The van der Waals surface area contributed by atoms with Gasteiger partial charge in [0.25, 0.3) is 0 Å². The Morgan fingerprint density at radius 3 is 2.58 bits per heavy atom. The van der Waals surface area contributed by atoms with E-state index in [4.69, 9.17) is 9.47 Å². The largest absolute Gasteiger partial charge is 0.347 e. The van der Waals surface area contributed by atoms with E-state index in [9.17, 15) is 0 Å². The van der Waals surface area contributed by atoms with Crippen molar-refractivity contribution in [3.8, 4) is 0 Å². The predicted octanol–water partition coefficient (Wildman–Crippen LogP) is 2.25. The van der Waals surface area contributed by atoms with Crippen molar-refractivity contribution in [2.24, 2.45) is 0 Å². The fourth-order valence-corrected chi connectivity index (χ4v) is 2.05. The molecule has 0 aromatic carbocycles. The molecular weight excluding hydrogens is 152 g/mol. The molecule has 1 aliphatic heterocycles. The summed E-state index contributed by atoms with van der Waals surface area (Å²) in [6.07, 6.45) is 7.90. The van der Waals surface area contributed by atoms with Crippen LogP contribution >= 0.6 is 0 Å². The highest BCUT2D eigenvalue weighted by atomic mass is 16.7. The monoisotopic (exact) mass is 168 g/mol. The number of hydrogen-bond donors (Lipinski definition) is 0. The smallest absolute Gasteiger partial charge is 0.169 e. The molecule has 0 N–H and O–H groups in total. The molecule has 2 fully saturated rings. The van der Waals surface area contributed by atoms with E-state index >= 15 is 0 Å². The molecule has 0 amide bonds. The average molecular weight is 168 g/mol. The molecule has 0 bridgehead atoms. The van der Waals surface area contributed by atoms with Crippen molar-refractivity contribution in [1.82, 2.24) is 0 Å². The number of hydrogen-bond acceptors (Lipinski definition) is 2. The highest BCUT2D eigenvalue weighted by Crippen LogP contribution is 2.37. The molecule has 2 rings (SSSR count). The summed E-state index contributed by atoms with van der Waals surface area (Å²) in [5.41, 5.74) is 0. The van der Waals surface area contributed by atoms with Crippen LogP contribution in [0.2, 0.25) is 0 Å². The van der Waals surface area contributed by atoms with E-state index in [1.165, 1.54) is 19.3 Å². The minimum Gasteiger partial charge on any atom is -0.347 e. The first-order chi connectivity index (χ1) is 5.85. The van der Waals surface area contributed by atoms with Crippen LogP contribution in [-0.2, 0) is 9.47 Å². The van der Waals surface area contributed by atoms with Crippen molar-refractivity contribution in [1.29, 1.82) is 0 Å². The van der Waals surface area contributed by atoms with E-state index in [2.05, 4.69) is 6.58 Å². The van der Waals surface area contributed by atoms with Crippen molar-refractivity contribution in [3.05, 3.63) is 12.7 Å². The zero-order valence-corrected chi connectivity index (χ0v) is 7.42. The third kappa shape index (κ3) is 1.41. The van der Waals surface area contributed by atoms with Crippen LogP contribution in [0.1, 0.15) is 32.1 Å². The fourth-order valence-electron chi connectivity index (χ4n) is 2.05. The first-order valence-electron chi connectivity index (χ1n) is 4.79. The molecule has 1 saturated carbocycles. The number of ether oxygens (including phenoxy) is 2. The van der Waals surface area contributed by atoms with Gasteiger partial charge in [0.1, 0.15) is 6.10 Å². The van der Waals surface area contributed by atoms with Gasteiger partial charge in [-0.15, -0.1) is 6.58 Å².